The number of fused-ring (bicyclic) bond motifs is 1. The summed E-state index contributed by atoms with van der Waals surface area (Å²) < 4.78 is 2.21. The molecule has 1 aliphatic heterocycles. The predicted octanol–water partition coefficient (Wildman–Crippen LogP) is 3.64. The van der Waals surface area contributed by atoms with Gasteiger partial charge in [-0.3, -0.25) is 4.79 Å². The maximum absolute atomic E-state index is 13.4. The topological polar surface area (TPSA) is 57.6 Å². The summed E-state index contributed by atoms with van der Waals surface area (Å²) in [4.78, 5) is 29.7. The van der Waals surface area contributed by atoms with Crippen molar-refractivity contribution in [3.05, 3.63) is 59.9 Å². The second-order valence-electron chi connectivity index (χ2n) is 8.52. The van der Waals surface area contributed by atoms with Gasteiger partial charge in [0.05, 0.1) is 6.04 Å². The van der Waals surface area contributed by atoms with E-state index in [1.165, 1.54) is 0 Å². The van der Waals surface area contributed by atoms with E-state index in [0.717, 1.165) is 24.2 Å². The largest absolute Gasteiger partial charge is 0.348 e. The van der Waals surface area contributed by atoms with Crippen LogP contribution in [0.25, 0.3) is 0 Å². The molecular weight excluding hydrogens is 364 g/mol. The standard InChI is InChI=1S/C23H32N4O2/c1-5-13-24-22(29)27(23(2,3)4)17-20(28)26-16-15-25-14-9-12-19(25)21(26)18-10-7-6-8-11-18/h6-12,14,21H,5,13,15-17H2,1-4H3,(H,24,29)/t21-/m1/s1. The van der Waals surface area contributed by atoms with E-state index >= 15 is 0 Å². The Kier molecular flexibility index (Phi) is 6.30. The number of hydrogen-bond donors (Lipinski definition) is 1. The molecule has 3 rings (SSSR count). The summed E-state index contributed by atoms with van der Waals surface area (Å²) in [7, 11) is 0. The van der Waals surface area contributed by atoms with Gasteiger partial charge in [-0.15, -0.1) is 0 Å². The quantitative estimate of drug-likeness (QED) is 0.839. The van der Waals surface area contributed by atoms with Gasteiger partial charge in [0, 0.05) is 37.1 Å². The summed E-state index contributed by atoms with van der Waals surface area (Å²) in [6.45, 7) is 9.93. The van der Waals surface area contributed by atoms with E-state index in [2.05, 4.69) is 34.3 Å². The molecule has 1 atom stereocenters. The summed E-state index contributed by atoms with van der Waals surface area (Å²) in [5.41, 5.74) is 1.73. The lowest BCUT2D eigenvalue weighted by Gasteiger charge is -2.41. The molecule has 6 nitrogen and oxygen atoms in total. The van der Waals surface area contributed by atoms with Crippen LogP contribution in [0.5, 0.6) is 0 Å². The molecule has 2 heterocycles. The molecule has 29 heavy (non-hydrogen) atoms. The molecule has 0 saturated heterocycles. The minimum absolute atomic E-state index is 0.0344. The molecule has 0 radical (unpaired) electrons. The van der Waals surface area contributed by atoms with Gasteiger partial charge in [-0.2, -0.15) is 0 Å². The Hall–Kier alpha value is -2.76. The van der Waals surface area contributed by atoms with Gasteiger partial charge < -0.3 is 19.7 Å². The molecular formula is C23H32N4O2. The predicted molar refractivity (Wildman–Crippen MR) is 115 cm³/mol. The van der Waals surface area contributed by atoms with Gasteiger partial charge in [0.1, 0.15) is 6.54 Å². The van der Waals surface area contributed by atoms with Gasteiger partial charge in [0.2, 0.25) is 5.91 Å². The van der Waals surface area contributed by atoms with Gasteiger partial charge in [-0.05, 0) is 44.9 Å². The zero-order chi connectivity index (χ0) is 21.0. The molecule has 3 amide bonds. The Labute approximate surface area is 173 Å². The number of amides is 3. The van der Waals surface area contributed by atoms with Crippen LogP contribution in [0.3, 0.4) is 0 Å². The highest BCUT2D eigenvalue weighted by Gasteiger charge is 2.35. The zero-order valence-electron chi connectivity index (χ0n) is 17.9. The van der Waals surface area contributed by atoms with Crippen LogP contribution in [0, 0.1) is 0 Å². The molecule has 156 valence electrons. The van der Waals surface area contributed by atoms with E-state index in [0.29, 0.717) is 13.1 Å². The Bertz CT molecular complexity index is 838. The molecule has 0 aliphatic carbocycles. The van der Waals surface area contributed by atoms with Crippen molar-refractivity contribution in [1.82, 2.24) is 19.7 Å². The van der Waals surface area contributed by atoms with Crippen molar-refractivity contribution in [2.45, 2.75) is 52.2 Å². The van der Waals surface area contributed by atoms with Crippen molar-refractivity contribution in [3.63, 3.8) is 0 Å². The van der Waals surface area contributed by atoms with Crippen molar-refractivity contribution in [2.75, 3.05) is 19.6 Å². The van der Waals surface area contributed by atoms with Crippen molar-refractivity contribution in [3.8, 4) is 0 Å². The number of nitrogens with one attached hydrogen (secondary N) is 1. The minimum Gasteiger partial charge on any atom is -0.348 e. The van der Waals surface area contributed by atoms with Crippen LogP contribution >= 0.6 is 0 Å². The average Bonchev–Trinajstić information content (AvgIpc) is 3.17. The van der Waals surface area contributed by atoms with Crippen molar-refractivity contribution in [1.29, 1.82) is 0 Å². The lowest BCUT2D eigenvalue weighted by Crippen LogP contribution is -2.55. The lowest BCUT2D eigenvalue weighted by molar-refractivity contribution is -0.135. The number of benzene rings is 1. The van der Waals surface area contributed by atoms with Crippen molar-refractivity contribution in [2.24, 2.45) is 0 Å². The molecule has 1 aromatic carbocycles. The Morgan fingerprint density at radius 2 is 1.83 bits per heavy atom. The number of carbonyl (C=O) groups is 2. The molecule has 1 aliphatic rings. The monoisotopic (exact) mass is 396 g/mol. The molecule has 2 aromatic rings. The highest BCUT2D eigenvalue weighted by molar-refractivity contribution is 5.85. The van der Waals surface area contributed by atoms with E-state index in [-0.39, 0.29) is 24.5 Å². The zero-order valence-corrected chi connectivity index (χ0v) is 17.9. The summed E-state index contributed by atoms with van der Waals surface area (Å²) in [5, 5.41) is 2.91. The minimum atomic E-state index is -0.453. The maximum Gasteiger partial charge on any atom is 0.318 e. The third kappa shape index (κ3) is 4.63. The van der Waals surface area contributed by atoms with Crippen molar-refractivity contribution < 1.29 is 9.59 Å². The first-order valence-corrected chi connectivity index (χ1v) is 10.4. The summed E-state index contributed by atoms with van der Waals surface area (Å²) in [6.07, 6.45) is 2.92. The second kappa shape index (κ2) is 8.72. The Morgan fingerprint density at radius 1 is 1.10 bits per heavy atom. The fourth-order valence-corrected chi connectivity index (χ4v) is 3.81. The Balaban J connectivity index is 1.87. The third-order valence-corrected chi connectivity index (χ3v) is 5.35. The van der Waals surface area contributed by atoms with E-state index in [4.69, 9.17) is 0 Å². The van der Waals surface area contributed by atoms with Crippen molar-refractivity contribution >= 4 is 11.9 Å². The molecule has 0 unspecified atom stereocenters. The molecule has 1 N–H and O–H groups in total. The van der Waals surface area contributed by atoms with Crippen LogP contribution in [0.1, 0.15) is 51.4 Å². The van der Waals surface area contributed by atoms with Gasteiger partial charge in [-0.1, -0.05) is 37.3 Å². The molecule has 0 spiro atoms. The number of rotatable bonds is 5. The third-order valence-electron chi connectivity index (χ3n) is 5.35. The first-order chi connectivity index (χ1) is 13.8. The first-order valence-electron chi connectivity index (χ1n) is 10.4. The van der Waals surface area contributed by atoms with Gasteiger partial charge in [-0.25, -0.2) is 4.79 Å². The number of hydrogen-bond acceptors (Lipinski definition) is 2. The smallest absolute Gasteiger partial charge is 0.318 e. The van der Waals surface area contributed by atoms with Gasteiger partial charge >= 0.3 is 6.03 Å². The van der Waals surface area contributed by atoms with Crippen LogP contribution in [0.4, 0.5) is 4.79 Å². The van der Waals surface area contributed by atoms with E-state index in [1.807, 2.05) is 56.9 Å². The summed E-state index contributed by atoms with van der Waals surface area (Å²) >= 11 is 0. The number of urea groups is 1. The van der Waals surface area contributed by atoms with E-state index in [1.54, 1.807) is 4.90 Å². The lowest BCUT2D eigenvalue weighted by atomic mass is 9.99. The highest BCUT2D eigenvalue weighted by Crippen LogP contribution is 2.32. The molecule has 6 heteroatoms. The summed E-state index contributed by atoms with van der Waals surface area (Å²) in [5.74, 6) is -0.0344. The number of carbonyl (C=O) groups excluding carboxylic acids is 2. The summed E-state index contributed by atoms with van der Waals surface area (Å²) in [6, 6.07) is 13.9. The first kappa shape index (κ1) is 21.0. The van der Waals surface area contributed by atoms with Crippen LogP contribution in [0.15, 0.2) is 48.7 Å². The SMILES string of the molecule is CCCNC(=O)N(CC(=O)N1CCn2cccc2[C@H]1c1ccccc1)C(C)(C)C. The fourth-order valence-electron chi connectivity index (χ4n) is 3.81. The van der Waals surface area contributed by atoms with Crippen LogP contribution < -0.4 is 5.32 Å². The van der Waals surface area contributed by atoms with Crippen LogP contribution in [-0.4, -0.2) is 51.5 Å². The van der Waals surface area contributed by atoms with Gasteiger partial charge in [0.15, 0.2) is 0 Å². The molecule has 0 saturated carbocycles. The highest BCUT2D eigenvalue weighted by atomic mass is 16.2. The normalized spacial score (nSPS) is 16.3. The molecule has 0 fully saturated rings. The van der Waals surface area contributed by atoms with Crippen LogP contribution in [0.2, 0.25) is 0 Å². The second-order valence-corrected chi connectivity index (χ2v) is 8.52. The Morgan fingerprint density at radius 3 is 2.48 bits per heavy atom. The van der Waals surface area contributed by atoms with E-state index < -0.39 is 5.54 Å². The maximum atomic E-state index is 13.4. The molecule has 1 aromatic heterocycles. The number of nitrogens with zero attached hydrogens (tertiary/aromatic N) is 3. The average molecular weight is 397 g/mol. The number of aromatic nitrogens is 1. The van der Waals surface area contributed by atoms with E-state index in [9.17, 15) is 9.59 Å². The van der Waals surface area contributed by atoms with Crippen LogP contribution in [-0.2, 0) is 11.3 Å². The van der Waals surface area contributed by atoms with Gasteiger partial charge in [0.25, 0.3) is 0 Å². The fraction of sp³-hybridized carbons (Fsp3) is 0.478. The molecule has 0 bridgehead atoms.